The molecule has 2 aliphatic rings. The molecule has 8 nitrogen and oxygen atoms in total. The van der Waals surface area contributed by atoms with Crippen molar-refractivity contribution in [2.45, 2.75) is 38.6 Å². The maximum Gasteiger partial charge on any atom is 0.261 e. The summed E-state index contributed by atoms with van der Waals surface area (Å²) in [6.45, 7) is 3.90. The third-order valence-corrected chi connectivity index (χ3v) is 7.61. The fraction of sp³-hybridized carbons (Fsp3) is 0.560. The summed E-state index contributed by atoms with van der Waals surface area (Å²) in [5.41, 5.74) is 1.32. The monoisotopic (exact) mass is 451 g/mol. The highest BCUT2D eigenvalue weighted by Crippen LogP contribution is 2.35. The molecule has 1 saturated carbocycles. The maximum absolute atomic E-state index is 12.8. The lowest BCUT2D eigenvalue weighted by molar-refractivity contribution is -0.121. The van der Waals surface area contributed by atoms with Crippen LogP contribution in [0.2, 0.25) is 0 Å². The number of methoxy groups -OCH3 is 1. The lowest BCUT2D eigenvalue weighted by Crippen LogP contribution is -2.45. The predicted octanol–water partition coefficient (Wildman–Crippen LogP) is 2.53. The van der Waals surface area contributed by atoms with Crippen LogP contribution >= 0.6 is 0 Å². The maximum atomic E-state index is 12.8. The molecule has 1 aromatic carbocycles. The van der Waals surface area contributed by atoms with E-state index in [4.69, 9.17) is 4.74 Å². The van der Waals surface area contributed by atoms with Crippen LogP contribution in [-0.2, 0) is 18.4 Å². The molecule has 1 unspecified atom stereocenters. The molecule has 0 spiro atoms. The van der Waals surface area contributed by atoms with E-state index in [0.717, 1.165) is 35.8 Å². The second-order valence-electron chi connectivity index (χ2n) is 9.56. The Morgan fingerprint density at radius 3 is 2.82 bits per heavy atom. The number of rotatable bonds is 6. The number of nitrogens with one attached hydrogen (secondary N) is 1. The van der Waals surface area contributed by atoms with E-state index >= 15 is 0 Å². The van der Waals surface area contributed by atoms with Gasteiger partial charge in [-0.1, -0.05) is 19.3 Å². The molecule has 2 fully saturated rings. The minimum Gasteiger partial charge on any atom is -0.497 e. The van der Waals surface area contributed by atoms with Crippen molar-refractivity contribution in [1.29, 1.82) is 0 Å². The largest absolute Gasteiger partial charge is 0.497 e. The number of ether oxygens (including phenoxy) is 1. The van der Waals surface area contributed by atoms with Gasteiger partial charge in [-0.15, -0.1) is 0 Å². The fourth-order valence-corrected chi connectivity index (χ4v) is 5.78. The summed E-state index contributed by atoms with van der Waals surface area (Å²) in [4.78, 5) is 28.1. The first kappa shape index (κ1) is 21.9. The molecule has 3 aromatic rings. The molecule has 1 N–H and O–H groups in total. The van der Waals surface area contributed by atoms with E-state index in [0.29, 0.717) is 23.2 Å². The Hall–Kier alpha value is -2.87. The molecular formula is C25H33N5O3. The van der Waals surface area contributed by atoms with E-state index in [1.807, 2.05) is 18.2 Å². The molecule has 1 aliphatic heterocycles. The van der Waals surface area contributed by atoms with E-state index in [1.54, 1.807) is 29.6 Å². The van der Waals surface area contributed by atoms with E-state index in [2.05, 4.69) is 15.3 Å². The number of nitrogens with zero attached hydrogens (tertiary/aromatic N) is 4. The zero-order chi connectivity index (χ0) is 22.9. The van der Waals surface area contributed by atoms with Gasteiger partial charge in [-0.25, -0.2) is 0 Å². The number of benzene rings is 1. The van der Waals surface area contributed by atoms with Gasteiger partial charge in [0.2, 0.25) is 5.91 Å². The molecular weight excluding hydrogens is 418 g/mol. The van der Waals surface area contributed by atoms with Crippen LogP contribution in [0.5, 0.6) is 5.75 Å². The van der Waals surface area contributed by atoms with Gasteiger partial charge in [0.05, 0.1) is 29.7 Å². The Morgan fingerprint density at radius 1 is 1.18 bits per heavy atom. The van der Waals surface area contributed by atoms with Crippen molar-refractivity contribution in [3.63, 3.8) is 0 Å². The van der Waals surface area contributed by atoms with Crippen LogP contribution in [0.4, 0.5) is 0 Å². The average molecular weight is 452 g/mol. The smallest absolute Gasteiger partial charge is 0.261 e. The van der Waals surface area contributed by atoms with Gasteiger partial charge < -0.3 is 19.5 Å². The number of carbonyl (C=O) groups is 1. The first-order valence-corrected chi connectivity index (χ1v) is 12.1. The Balaban J connectivity index is 1.27. The van der Waals surface area contributed by atoms with Crippen molar-refractivity contribution in [3.8, 4) is 5.75 Å². The number of amides is 1. The van der Waals surface area contributed by atoms with Crippen molar-refractivity contribution >= 4 is 27.7 Å². The number of likely N-dealkylation sites (tertiary alicyclic amines) is 1. The van der Waals surface area contributed by atoms with E-state index in [-0.39, 0.29) is 18.0 Å². The first-order chi connectivity index (χ1) is 16.0. The van der Waals surface area contributed by atoms with E-state index in [1.165, 1.54) is 38.6 Å². The van der Waals surface area contributed by atoms with Crippen LogP contribution < -0.4 is 15.6 Å². The SMILES string of the molecule is COc1ccc2c(c1)c1c(cnn1CC(=O)NCCN1CCC3CCCC[C@H]3C1)c(=O)n2C. The van der Waals surface area contributed by atoms with E-state index in [9.17, 15) is 9.59 Å². The normalized spacial score (nSPS) is 21.3. The van der Waals surface area contributed by atoms with Crippen molar-refractivity contribution in [2.24, 2.45) is 18.9 Å². The standard InChI is InChI=1S/C25H33N5O3/c1-28-22-8-7-19(33-2)13-20(22)24-21(25(28)32)14-27-30(24)16-23(31)26-10-12-29-11-9-17-5-3-4-6-18(17)15-29/h7-8,13-14,17-18H,3-6,9-12,15-16H2,1-2H3,(H,26,31)/t17?,18-/m0/s1. The molecule has 176 valence electrons. The highest BCUT2D eigenvalue weighted by Gasteiger charge is 2.30. The van der Waals surface area contributed by atoms with Gasteiger partial charge in [0.1, 0.15) is 12.3 Å². The van der Waals surface area contributed by atoms with Gasteiger partial charge in [0.25, 0.3) is 5.56 Å². The molecule has 3 heterocycles. The number of piperidine rings is 1. The summed E-state index contributed by atoms with van der Waals surface area (Å²) >= 11 is 0. The zero-order valence-corrected chi connectivity index (χ0v) is 19.5. The molecule has 0 radical (unpaired) electrons. The van der Waals surface area contributed by atoms with Crippen molar-refractivity contribution in [3.05, 3.63) is 34.7 Å². The molecule has 1 amide bonds. The molecule has 1 saturated heterocycles. The van der Waals surface area contributed by atoms with Crippen LogP contribution in [-0.4, -0.2) is 58.4 Å². The average Bonchev–Trinajstić information content (AvgIpc) is 3.25. The molecule has 5 rings (SSSR count). The van der Waals surface area contributed by atoms with Crippen LogP contribution in [0, 0.1) is 11.8 Å². The molecule has 1 aliphatic carbocycles. The second kappa shape index (κ2) is 9.17. The van der Waals surface area contributed by atoms with Gasteiger partial charge in [-0.2, -0.15) is 5.10 Å². The topological polar surface area (TPSA) is 81.4 Å². The minimum atomic E-state index is -0.125. The quantitative estimate of drug-likeness (QED) is 0.623. The molecule has 2 atom stereocenters. The van der Waals surface area contributed by atoms with Crippen LogP contribution in [0.3, 0.4) is 0 Å². The van der Waals surface area contributed by atoms with Crippen molar-refractivity contribution in [1.82, 2.24) is 24.6 Å². The zero-order valence-electron chi connectivity index (χ0n) is 19.5. The Kier molecular flexibility index (Phi) is 6.10. The lowest BCUT2D eigenvalue weighted by Gasteiger charge is -2.41. The first-order valence-electron chi connectivity index (χ1n) is 12.1. The summed E-state index contributed by atoms with van der Waals surface area (Å²) in [6.07, 6.45) is 8.37. The van der Waals surface area contributed by atoms with Crippen molar-refractivity contribution in [2.75, 3.05) is 33.3 Å². The van der Waals surface area contributed by atoms with Gasteiger partial charge in [-0.3, -0.25) is 14.3 Å². The summed E-state index contributed by atoms with van der Waals surface area (Å²) in [7, 11) is 3.36. The van der Waals surface area contributed by atoms with Gasteiger partial charge >= 0.3 is 0 Å². The second-order valence-corrected chi connectivity index (χ2v) is 9.56. The van der Waals surface area contributed by atoms with Crippen molar-refractivity contribution < 1.29 is 9.53 Å². The van der Waals surface area contributed by atoms with Gasteiger partial charge in [0, 0.05) is 32.1 Å². The number of hydrogen-bond acceptors (Lipinski definition) is 5. The Labute approximate surface area is 193 Å². The van der Waals surface area contributed by atoms with Crippen LogP contribution in [0.15, 0.2) is 29.2 Å². The molecule has 33 heavy (non-hydrogen) atoms. The predicted molar refractivity (Wildman–Crippen MR) is 129 cm³/mol. The third-order valence-electron chi connectivity index (χ3n) is 7.61. The summed E-state index contributed by atoms with van der Waals surface area (Å²) in [5, 5.41) is 8.77. The summed E-state index contributed by atoms with van der Waals surface area (Å²) in [6, 6.07) is 5.58. The Bertz CT molecular complexity index is 1230. The number of hydrogen-bond donors (Lipinski definition) is 1. The summed E-state index contributed by atoms with van der Waals surface area (Å²) < 4.78 is 8.62. The Morgan fingerprint density at radius 2 is 2.00 bits per heavy atom. The van der Waals surface area contributed by atoms with Gasteiger partial charge in [-0.05, 0) is 49.4 Å². The number of aromatic nitrogens is 3. The number of aryl methyl sites for hydroxylation is 1. The molecule has 8 heteroatoms. The molecule has 0 bridgehead atoms. The van der Waals surface area contributed by atoms with Gasteiger partial charge in [0.15, 0.2) is 0 Å². The van der Waals surface area contributed by atoms with Crippen LogP contribution in [0.25, 0.3) is 21.8 Å². The highest BCUT2D eigenvalue weighted by atomic mass is 16.5. The fourth-order valence-electron chi connectivity index (χ4n) is 5.78. The number of carbonyl (C=O) groups excluding carboxylic acids is 1. The molecule has 2 aromatic heterocycles. The number of pyridine rings is 1. The highest BCUT2D eigenvalue weighted by molar-refractivity contribution is 6.04. The minimum absolute atomic E-state index is 0.0771. The summed E-state index contributed by atoms with van der Waals surface area (Å²) in [5.74, 6) is 2.36. The van der Waals surface area contributed by atoms with E-state index < -0.39 is 0 Å². The third kappa shape index (κ3) is 4.24. The van der Waals surface area contributed by atoms with Crippen LogP contribution in [0.1, 0.15) is 32.1 Å². The lowest BCUT2D eigenvalue weighted by atomic mass is 9.75. The number of fused-ring (bicyclic) bond motifs is 4.